The van der Waals surface area contributed by atoms with Gasteiger partial charge in [-0.1, -0.05) is 164 Å². The summed E-state index contributed by atoms with van der Waals surface area (Å²) in [7, 11) is 0. The molecule has 0 fully saturated rings. The molecule has 14 aromatic rings. The van der Waals surface area contributed by atoms with Gasteiger partial charge in [0.1, 0.15) is 16.7 Å². The van der Waals surface area contributed by atoms with Crippen LogP contribution in [-0.2, 0) is 0 Å². The molecule has 0 atom stereocenters. The Kier molecular flexibility index (Phi) is 8.93. The highest BCUT2D eigenvalue weighted by molar-refractivity contribution is 7.26. The molecule has 8 heteroatoms. The van der Waals surface area contributed by atoms with Crippen LogP contribution in [-0.4, -0.2) is 24.9 Å². The molecule has 5 heterocycles. The number of aromatic nitrogens is 5. The van der Waals surface area contributed by atoms with E-state index in [1.807, 2.05) is 60.8 Å². The molecule has 69 heavy (non-hydrogen) atoms. The van der Waals surface area contributed by atoms with E-state index >= 15 is 0 Å². The van der Waals surface area contributed by atoms with Crippen molar-refractivity contribution in [3.8, 4) is 78.9 Å². The molecule has 0 saturated heterocycles. The Morgan fingerprint density at radius 1 is 0.319 bits per heavy atom. The number of furan rings is 2. The lowest BCUT2D eigenvalue weighted by Crippen LogP contribution is -2.00. The zero-order chi connectivity index (χ0) is 45.4. The molecule has 14 rings (SSSR count). The Balaban J connectivity index is 0.871. The Labute approximate surface area is 398 Å². The Hall–Kier alpha value is -9.11. The topological polar surface area (TPSA) is 90.7 Å². The fourth-order valence-corrected chi connectivity index (χ4v) is 10.8. The zero-order valence-corrected chi connectivity index (χ0v) is 37.5. The van der Waals surface area contributed by atoms with E-state index in [1.54, 1.807) is 11.3 Å². The first kappa shape index (κ1) is 39.1. The highest BCUT2D eigenvalue weighted by Crippen LogP contribution is 2.43. The molecule has 0 saturated carbocycles. The first-order valence-corrected chi connectivity index (χ1v) is 23.6. The molecule has 0 radical (unpaired) electrons. The maximum Gasteiger partial charge on any atom is 0.230 e. The van der Waals surface area contributed by atoms with Crippen LogP contribution in [0.4, 0.5) is 0 Å². The van der Waals surface area contributed by atoms with Gasteiger partial charge in [-0.25, -0.2) is 19.9 Å². The van der Waals surface area contributed by atoms with Gasteiger partial charge in [0, 0.05) is 64.8 Å². The third-order valence-electron chi connectivity index (χ3n) is 13.1. The van der Waals surface area contributed by atoms with Crippen molar-refractivity contribution in [3.05, 3.63) is 212 Å². The lowest BCUT2D eigenvalue weighted by molar-refractivity contribution is 0.653. The van der Waals surface area contributed by atoms with Crippen LogP contribution < -0.4 is 0 Å². The predicted molar refractivity (Wildman–Crippen MR) is 281 cm³/mol. The van der Waals surface area contributed by atoms with Crippen LogP contribution >= 0.6 is 11.3 Å². The summed E-state index contributed by atoms with van der Waals surface area (Å²) >= 11 is 1.72. The second kappa shape index (κ2) is 15.8. The average Bonchev–Trinajstić information content (AvgIpc) is 4.12. The van der Waals surface area contributed by atoms with Crippen molar-refractivity contribution >= 4 is 75.5 Å². The summed E-state index contributed by atoms with van der Waals surface area (Å²) in [4.78, 5) is 25.5. The van der Waals surface area contributed by atoms with Crippen LogP contribution in [0.1, 0.15) is 0 Å². The van der Waals surface area contributed by atoms with Gasteiger partial charge < -0.3 is 8.83 Å². The molecule has 0 bridgehead atoms. The molecule has 0 unspecified atom stereocenters. The maximum atomic E-state index is 6.93. The van der Waals surface area contributed by atoms with E-state index < -0.39 is 0 Å². The van der Waals surface area contributed by atoms with Crippen molar-refractivity contribution in [2.45, 2.75) is 0 Å². The molecule has 7 nitrogen and oxygen atoms in total. The van der Waals surface area contributed by atoms with Gasteiger partial charge in [0.25, 0.3) is 0 Å². The van der Waals surface area contributed by atoms with Gasteiger partial charge in [0.2, 0.25) is 5.71 Å². The molecule has 5 aromatic heterocycles. The van der Waals surface area contributed by atoms with Gasteiger partial charge in [-0.05, 0) is 70.3 Å². The highest BCUT2D eigenvalue weighted by atomic mass is 32.1. The van der Waals surface area contributed by atoms with E-state index in [-0.39, 0.29) is 0 Å². The van der Waals surface area contributed by atoms with Gasteiger partial charge in [0.05, 0.1) is 10.9 Å². The fraction of sp³-hybridized carbons (Fsp3) is 0. The smallest absolute Gasteiger partial charge is 0.230 e. The van der Waals surface area contributed by atoms with E-state index in [0.29, 0.717) is 29.0 Å². The first-order valence-electron chi connectivity index (χ1n) is 22.8. The maximum absolute atomic E-state index is 6.93. The number of rotatable bonds is 7. The van der Waals surface area contributed by atoms with Crippen LogP contribution in [0.25, 0.3) is 143 Å². The molecule has 0 spiro atoms. The monoisotopic (exact) mass is 901 g/mol. The van der Waals surface area contributed by atoms with Gasteiger partial charge in [-0.3, -0.25) is 0 Å². The zero-order valence-electron chi connectivity index (χ0n) is 36.7. The Bertz CT molecular complexity index is 4300. The average molecular weight is 902 g/mol. The second-order valence-electron chi connectivity index (χ2n) is 17.2. The SMILES string of the molecule is c1ccc(-c2ccc(-c3cccc4c3oc3c(-c5nc(-c6ccccc6)nc(-c6cccc7c6sc6ccc(-c8ncc9c(n8)oc8ccc(-c%10ccccc%10)cc89)cc67)n5)cccc34)cc2)cc1. The molecular formula is C61H35N5O2S. The van der Waals surface area contributed by atoms with E-state index in [9.17, 15) is 0 Å². The summed E-state index contributed by atoms with van der Waals surface area (Å²) < 4.78 is 15.4. The minimum atomic E-state index is 0.534. The van der Waals surface area contributed by atoms with Gasteiger partial charge in [-0.15, -0.1) is 11.3 Å². The summed E-state index contributed by atoms with van der Waals surface area (Å²) in [6.07, 6.45) is 1.88. The Morgan fingerprint density at radius 3 is 1.61 bits per heavy atom. The van der Waals surface area contributed by atoms with Crippen LogP contribution in [0.15, 0.2) is 221 Å². The number of hydrogen-bond acceptors (Lipinski definition) is 8. The van der Waals surface area contributed by atoms with E-state index in [0.717, 1.165) is 103 Å². The molecule has 0 amide bonds. The molecule has 322 valence electrons. The minimum Gasteiger partial charge on any atom is -0.455 e. The van der Waals surface area contributed by atoms with Crippen LogP contribution in [0.3, 0.4) is 0 Å². The van der Waals surface area contributed by atoms with E-state index in [1.165, 1.54) is 11.1 Å². The van der Waals surface area contributed by atoms with Crippen LogP contribution in [0.5, 0.6) is 0 Å². The molecule has 0 aliphatic rings. The van der Waals surface area contributed by atoms with Crippen molar-refractivity contribution < 1.29 is 8.83 Å². The third kappa shape index (κ3) is 6.60. The summed E-state index contributed by atoms with van der Waals surface area (Å²) in [5.74, 6) is 2.30. The quantitative estimate of drug-likeness (QED) is 0.157. The summed E-state index contributed by atoms with van der Waals surface area (Å²) in [6, 6.07) is 71.1. The number of fused-ring (bicyclic) bond motifs is 9. The summed E-state index contributed by atoms with van der Waals surface area (Å²) in [5.41, 5.74) is 13.1. The highest BCUT2D eigenvalue weighted by Gasteiger charge is 2.22. The number of para-hydroxylation sites is 2. The van der Waals surface area contributed by atoms with Crippen molar-refractivity contribution in [1.29, 1.82) is 0 Å². The van der Waals surface area contributed by atoms with E-state index in [2.05, 4.69) is 152 Å². The van der Waals surface area contributed by atoms with E-state index in [4.69, 9.17) is 33.8 Å². The normalized spacial score (nSPS) is 11.8. The number of benzene rings is 9. The third-order valence-corrected chi connectivity index (χ3v) is 14.3. The number of nitrogens with zero attached hydrogens (tertiary/aromatic N) is 5. The molecule has 9 aromatic carbocycles. The largest absolute Gasteiger partial charge is 0.455 e. The number of thiophene rings is 1. The van der Waals surface area contributed by atoms with Crippen molar-refractivity contribution in [2.24, 2.45) is 0 Å². The van der Waals surface area contributed by atoms with Crippen molar-refractivity contribution in [1.82, 2.24) is 24.9 Å². The molecular weight excluding hydrogens is 867 g/mol. The Morgan fingerprint density at radius 2 is 0.870 bits per heavy atom. The summed E-state index contributed by atoms with van der Waals surface area (Å²) in [5, 5.41) is 6.10. The van der Waals surface area contributed by atoms with Gasteiger partial charge in [-0.2, -0.15) is 4.98 Å². The van der Waals surface area contributed by atoms with Gasteiger partial charge >= 0.3 is 0 Å². The van der Waals surface area contributed by atoms with Crippen molar-refractivity contribution in [2.75, 3.05) is 0 Å². The minimum absolute atomic E-state index is 0.534. The molecule has 0 aliphatic carbocycles. The first-order chi connectivity index (χ1) is 34.2. The second-order valence-corrected chi connectivity index (χ2v) is 18.2. The van der Waals surface area contributed by atoms with Crippen LogP contribution in [0, 0.1) is 0 Å². The standard InChI is InChI=1S/C61H35N5O2S/c1-4-13-36(14-5-1)38-25-27-39(28-26-38)43-19-10-20-44-45-21-11-23-47(55(45)68-54(43)44)59-63-58(40-17-8-3-9-18-40)64-60(65-59)48-24-12-22-46-50-34-42(30-32-53(50)69-56(46)48)57-62-35-51-49-33-41(37-15-6-2-7-16-37)29-31-52(49)67-61(51)66-57/h1-35H. The fourth-order valence-electron chi connectivity index (χ4n) is 9.65. The lowest BCUT2D eigenvalue weighted by atomic mass is 9.99. The summed E-state index contributed by atoms with van der Waals surface area (Å²) in [6.45, 7) is 0. The van der Waals surface area contributed by atoms with Crippen LogP contribution in [0.2, 0.25) is 0 Å². The number of hydrogen-bond donors (Lipinski definition) is 0. The predicted octanol–water partition coefficient (Wildman–Crippen LogP) is 16.5. The molecule has 0 N–H and O–H groups in total. The van der Waals surface area contributed by atoms with Gasteiger partial charge in [0.15, 0.2) is 23.3 Å². The molecule has 0 aliphatic heterocycles. The van der Waals surface area contributed by atoms with Crippen molar-refractivity contribution in [3.63, 3.8) is 0 Å². The lowest BCUT2D eigenvalue weighted by Gasteiger charge is -2.09.